The Bertz CT molecular complexity index is 1080. The zero-order valence-corrected chi connectivity index (χ0v) is 14.7. The van der Waals surface area contributed by atoms with Crippen LogP contribution in [0.5, 0.6) is 0 Å². The lowest BCUT2D eigenvalue weighted by atomic mass is 10.2. The summed E-state index contributed by atoms with van der Waals surface area (Å²) in [5.41, 5.74) is 1.11. The first-order valence-electron chi connectivity index (χ1n) is 8.33. The maximum atomic E-state index is 13.0. The number of rotatable bonds is 5. The number of aromatic nitrogens is 2. The molecule has 0 spiro atoms. The Morgan fingerprint density at radius 3 is 2.52 bits per heavy atom. The van der Waals surface area contributed by atoms with Crippen LogP contribution in [0.15, 0.2) is 70.4 Å². The van der Waals surface area contributed by atoms with Crippen LogP contribution < -0.4 is 16.6 Å². The van der Waals surface area contributed by atoms with Crippen LogP contribution in [0.1, 0.15) is 11.1 Å². The summed E-state index contributed by atoms with van der Waals surface area (Å²) in [6.07, 6.45) is 1.36. The molecule has 6 nitrogen and oxygen atoms in total. The highest BCUT2D eigenvalue weighted by Gasteiger charge is 2.11. The molecule has 0 fully saturated rings. The van der Waals surface area contributed by atoms with Gasteiger partial charge in [-0.1, -0.05) is 24.3 Å². The summed E-state index contributed by atoms with van der Waals surface area (Å²) < 4.78 is 15.2. The van der Waals surface area contributed by atoms with E-state index in [9.17, 15) is 18.8 Å². The molecule has 1 amide bonds. The SMILES string of the molecule is Cc1cccc(NC(=O)Cn2c(=O)ccn(Cc3ccc(F)cc3)c2=O)c1. The van der Waals surface area contributed by atoms with Crippen molar-refractivity contribution >= 4 is 11.6 Å². The number of nitrogens with zero attached hydrogens (tertiary/aromatic N) is 2. The van der Waals surface area contributed by atoms with E-state index in [1.165, 1.54) is 29.0 Å². The molecule has 0 aliphatic rings. The van der Waals surface area contributed by atoms with Crippen LogP contribution in [0.25, 0.3) is 0 Å². The molecular weight excluding hydrogens is 349 g/mol. The lowest BCUT2D eigenvalue weighted by Gasteiger charge is -2.11. The third-order valence-corrected chi connectivity index (χ3v) is 4.01. The van der Waals surface area contributed by atoms with Gasteiger partial charge >= 0.3 is 5.69 Å². The molecule has 27 heavy (non-hydrogen) atoms. The quantitative estimate of drug-likeness (QED) is 0.751. The van der Waals surface area contributed by atoms with Gasteiger partial charge in [0.1, 0.15) is 12.4 Å². The summed E-state index contributed by atoms with van der Waals surface area (Å²) in [7, 11) is 0. The van der Waals surface area contributed by atoms with Gasteiger partial charge in [0, 0.05) is 18.0 Å². The van der Waals surface area contributed by atoms with Crippen LogP contribution in [-0.4, -0.2) is 15.0 Å². The fourth-order valence-electron chi connectivity index (χ4n) is 2.68. The molecule has 3 aromatic rings. The molecule has 0 atom stereocenters. The zero-order chi connectivity index (χ0) is 19.4. The van der Waals surface area contributed by atoms with Gasteiger partial charge in [-0.25, -0.2) is 9.18 Å². The van der Waals surface area contributed by atoms with E-state index in [0.29, 0.717) is 11.3 Å². The molecule has 0 saturated carbocycles. The van der Waals surface area contributed by atoms with E-state index in [1.807, 2.05) is 13.0 Å². The third kappa shape index (κ3) is 4.58. The fraction of sp³-hybridized carbons (Fsp3) is 0.150. The van der Waals surface area contributed by atoms with E-state index in [4.69, 9.17) is 0 Å². The van der Waals surface area contributed by atoms with Crippen LogP contribution in [0, 0.1) is 12.7 Å². The van der Waals surface area contributed by atoms with Crippen LogP contribution in [0.4, 0.5) is 10.1 Å². The Labute approximate surface area is 154 Å². The van der Waals surface area contributed by atoms with Gasteiger partial charge in [-0.2, -0.15) is 0 Å². The molecule has 1 heterocycles. The minimum atomic E-state index is -0.605. The normalized spacial score (nSPS) is 10.6. The number of anilines is 1. The smallest absolute Gasteiger partial charge is 0.325 e. The van der Waals surface area contributed by atoms with E-state index in [1.54, 1.807) is 30.3 Å². The number of carbonyl (C=O) groups is 1. The molecule has 0 unspecified atom stereocenters. The second kappa shape index (κ2) is 7.82. The Morgan fingerprint density at radius 2 is 1.81 bits per heavy atom. The van der Waals surface area contributed by atoms with Gasteiger partial charge in [-0.15, -0.1) is 0 Å². The Hall–Kier alpha value is -3.48. The molecule has 0 aliphatic heterocycles. The first-order valence-corrected chi connectivity index (χ1v) is 8.33. The molecule has 0 saturated heterocycles. The summed E-state index contributed by atoms with van der Waals surface area (Å²) in [4.78, 5) is 36.9. The highest BCUT2D eigenvalue weighted by Crippen LogP contribution is 2.09. The maximum Gasteiger partial charge on any atom is 0.331 e. The van der Waals surface area contributed by atoms with Crippen LogP contribution in [-0.2, 0) is 17.9 Å². The molecule has 0 aliphatic carbocycles. The first kappa shape index (κ1) is 18.3. The molecule has 2 aromatic carbocycles. The second-order valence-corrected chi connectivity index (χ2v) is 6.19. The predicted molar refractivity (Wildman–Crippen MR) is 100 cm³/mol. The van der Waals surface area contributed by atoms with Gasteiger partial charge in [0.05, 0.1) is 6.54 Å². The van der Waals surface area contributed by atoms with Crippen molar-refractivity contribution in [2.24, 2.45) is 0 Å². The minimum absolute atomic E-state index is 0.166. The van der Waals surface area contributed by atoms with Gasteiger partial charge in [0.15, 0.2) is 0 Å². The van der Waals surface area contributed by atoms with Crippen molar-refractivity contribution in [3.63, 3.8) is 0 Å². The highest BCUT2D eigenvalue weighted by atomic mass is 19.1. The van der Waals surface area contributed by atoms with Crippen LogP contribution in [0.2, 0.25) is 0 Å². The minimum Gasteiger partial charge on any atom is -0.325 e. The second-order valence-electron chi connectivity index (χ2n) is 6.19. The van der Waals surface area contributed by atoms with Crippen molar-refractivity contribution in [2.75, 3.05) is 5.32 Å². The van der Waals surface area contributed by atoms with Gasteiger partial charge in [-0.05, 0) is 42.3 Å². The number of amides is 1. The van der Waals surface area contributed by atoms with Crippen molar-refractivity contribution in [2.45, 2.75) is 20.0 Å². The van der Waals surface area contributed by atoms with Gasteiger partial charge < -0.3 is 5.32 Å². The van der Waals surface area contributed by atoms with Crippen LogP contribution >= 0.6 is 0 Å². The summed E-state index contributed by atoms with van der Waals surface area (Å²) in [6, 6.07) is 14.1. The molecule has 138 valence electrons. The van der Waals surface area contributed by atoms with Crippen molar-refractivity contribution in [3.05, 3.63) is 98.6 Å². The number of hydrogen-bond acceptors (Lipinski definition) is 3. The van der Waals surface area contributed by atoms with Gasteiger partial charge in [0.2, 0.25) is 5.91 Å². The molecular formula is C20H18FN3O3. The molecule has 1 aromatic heterocycles. The number of hydrogen-bond donors (Lipinski definition) is 1. The van der Waals surface area contributed by atoms with Crippen molar-refractivity contribution < 1.29 is 9.18 Å². The van der Waals surface area contributed by atoms with Crippen LogP contribution in [0.3, 0.4) is 0 Å². The van der Waals surface area contributed by atoms with Crippen molar-refractivity contribution in [3.8, 4) is 0 Å². The fourth-order valence-corrected chi connectivity index (χ4v) is 2.68. The third-order valence-electron chi connectivity index (χ3n) is 4.01. The zero-order valence-electron chi connectivity index (χ0n) is 14.7. The summed E-state index contributed by atoms with van der Waals surface area (Å²) in [5.74, 6) is -0.844. The molecule has 0 bridgehead atoms. The molecule has 3 rings (SSSR count). The van der Waals surface area contributed by atoms with Crippen molar-refractivity contribution in [1.82, 2.24) is 9.13 Å². The monoisotopic (exact) mass is 367 g/mol. The van der Waals surface area contributed by atoms with E-state index < -0.39 is 23.7 Å². The Morgan fingerprint density at radius 1 is 1.07 bits per heavy atom. The molecule has 0 radical (unpaired) electrons. The number of halogens is 1. The topological polar surface area (TPSA) is 73.1 Å². The van der Waals surface area contributed by atoms with Crippen molar-refractivity contribution in [1.29, 1.82) is 0 Å². The maximum absolute atomic E-state index is 13.0. The summed E-state index contributed by atoms with van der Waals surface area (Å²) >= 11 is 0. The lowest BCUT2D eigenvalue weighted by Crippen LogP contribution is -2.41. The average Bonchev–Trinajstić information content (AvgIpc) is 2.63. The Kier molecular flexibility index (Phi) is 5.30. The molecule has 7 heteroatoms. The number of nitrogens with one attached hydrogen (secondary N) is 1. The van der Waals surface area contributed by atoms with E-state index in [2.05, 4.69) is 5.32 Å². The summed E-state index contributed by atoms with van der Waals surface area (Å²) in [5, 5.41) is 2.67. The van der Waals surface area contributed by atoms with Gasteiger partial charge in [0.25, 0.3) is 5.56 Å². The lowest BCUT2D eigenvalue weighted by molar-refractivity contribution is -0.116. The van der Waals surface area contributed by atoms with E-state index >= 15 is 0 Å². The van der Waals surface area contributed by atoms with E-state index in [0.717, 1.165) is 10.1 Å². The standard InChI is InChI=1S/C20H18FN3O3/c1-14-3-2-4-17(11-14)22-18(25)13-24-19(26)9-10-23(20(24)27)12-15-5-7-16(21)8-6-15/h2-11H,12-13H2,1H3,(H,22,25). The number of aryl methyl sites for hydroxylation is 1. The number of carbonyl (C=O) groups excluding carboxylic acids is 1. The molecule has 1 N–H and O–H groups in total. The van der Waals surface area contributed by atoms with Gasteiger partial charge in [-0.3, -0.25) is 18.7 Å². The largest absolute Gasteiger partial charge is 0.331 e. The average molecular weight is 367 g/mol. The number of benzene rings is 2. The summed E-state index contributed by atoms with van der Waals surface area (Å²) in [6.45, 7) is 1.67. The Balaban J connectivity index is 1.80. The highest BCUT2D eigenvalue weighted by molar-refractivity contribution is 5.90. The first-order chi connectivity index (χ1) is 12.9. The predicted octanol–water partition coefficient (Wildman–Crippen LogP) is 2.14. The van der Waals surface area contributed by atoms with E-state index in [-0.39, 0.29) is 12.4 Å².